The highest BCUT2D eigenvalue weighted by Gasteiger charge is 2.31. The quantitative estimate of drug-likeness (QED) is 0.774. The highest BCUT2D eigenvalue weighted by atomic mass is 35.5. The van der Waals surface area contributed by atoms with E-state index in [4.69, 9.17) is 22.1 Å². The van der Waals surface area contributed by atoms with Gasteiger partial charge in [-0.05, 0) is 42.3 Å². The van der Waals surface area contributed by atoms with E-state index in [-0.39, 0.29) is 23.1 Å². The average molecular weight is 364 g/mol. The average Bonchev–Trinajstić information content (AvgIpc) is 2.49. The van der Waals surface area contributed by atoms with Crippen LogP contribution < -0.4 is 15.2 Å². The van der Waals surface area contributed by atoms with E-state index >= 15 is 0 Å². The molecule has 0 unspecified atom stereocenters. The Balaban J connectivity index is 2.24. The van der Waals surface area contributed by atoms with Gasteiger partial charge in [-0.15, -0.1) is 13.2 Å². The summed E-state index contributed by atoms with van der Waals surface area (Å²) in [5.74, 6) is -1.09. The molecule has 3 nitrogen and oxygen atoms in total. The highest BCUT2D eigenvalue weighted by molar-refractivity contribution is 6.32. The molecule has 2 rings (SSSR count). The lowest BCUT2D eigenvalue weighted by atomic mass is 9.99. The van der Waals surface area contributed by atoms with Crippen molar-refractivity contribution < 1.29 is 27.0 Å². The van der Waals surface area contributed by atoms with Crippen molar-refractivity contribution in [2.24, 2.45) is 5.73 Å². The van der Waals surface area contributed by atoms with E-state index < -0.39 is 18.2 Å². The predicted molar refractivity (Wildman–Crippen MR) is 81.7 cm³/mol. The maximum Gasteiger partial charge on any atom is 0.573 e. The summed E-state index contributed by atoms with van der Waals surface area (Å²) in [7, 11) is 0. The number of benzene rings is 2. The summed E-state index contributed by atoms with van der Waals surface area (Å²) in [5, 5.41) is 0.0688. The van der Waals surface area contributed by atoms with Crippen molar-refractivity contribution in [2.45, 2.75) is 19.3 Å². The van der Waals surface area contributed by atoms with E-state index in [1.165, 1.54) is 24.3 Å². The summed E-state index contributed by atoms with van der Waals surface area (Å²) in [6.07, 6.45) is -4.77. The molecule has 130 valence electrons. The summed E-state index contributed by atoms with van der Waals surface area (Å²) < 4.78 is 59.3. The van der Waals surface area contributed by atoms with Crippen molar-refractivity contribution in [1.82, 2.24) is 0 Å². The van der Waals surface area contributed by atoms with E-state index in [1.807, 2.05) is 0 Å². The molecule has 2 aromatic rings. The Labute approximate surface area is 140 Å². The molecule has 0 bridgehead atoms. The predicted octanol–water partition coefficient (Wildman–Crippen LogP) is 4.82. The summed E-state index contributed by atoms with van der Waals surface area (Å²) in [6, 6.07) is 6.88. The van der Waals surface area contributed by atoms with Crippen molar-refractivity contribution in [3.05, 3.63) is 58.4 Å². The van der Waals surface area contributed by atoms with Gasteiger partial charge in [0.2, 0.25) is 0 Å². The first kappa shape index (κ1) is 18.4. The molecule has 0 radical (unpaired) electrons. The van der Waals surface area contributed by atoms with Crippen molar-refractivity contribution in [2.75, 3.05) is 6.61 Å². The fourth-order valence-electron chi connectivity index (χ4n) is 2.11. The molecule has 0 aliphatic carbocycles. The summed E-state index contributed by atoms with van der Waals surface area (Å²) in [5.41, 5.74) is 6.87. The van der Waals surface area contributed by atoms with Gasteiger partial charge in [0.25, 0.3) is 0 Å². The second-order valence-corrected chi connectivity index (χ2v) is 5.25. The maximum absolute atomic E-state index is 14.0. The lowest BCUT2D eigenvalue weighted by Gasteiger charge is -2.16. The molecule has 0 saturated carbocycles. The maximum atomic E-state index is 14.0. The Kier molecular flexibility index (Phi) is 5.56. The number of rotatable bonds is 5. The van der Waals surface area contributed by atoms with Gasteiger partial charge < -0.3 is 15.2 Å². The number of ether oxygens (including phenoxy) is 2. The minimum Gasteiger partial charge on any atom is -0.489 e. The highest BCUT2D eigenvalue weighted by Crippen LogP contribution is 2.33. The molecular formula is C16H14ClF4NO2. The van der Waals surface area contributed by atoms with Gasteiger partial charge in [-0.1, -0.05) is 23.7 Å². The zero-order chi connectivity index (χ0) is 17.9. The molecule has 0 heterocycles. The number of alkyl halides is 3. The van der Waals surface area contributed by atoms with Gasteiger partial charge in [0.15, 0.2) is 11.6 Å². The second kappa shape index (κ2) is 7.27. The number of hydrogen-bond donors (Lipinski definition) is 1. The van der Waals surface area contributed by atoms with Crippen LogP contribution in [0.2, 0.25) is 5.02 Å². The number of hydrogen-bond acceptors (Lipinski definition) is 3. The lowest BCUT2D eigenvalue weighted by Crippen LogP contribution is -2.17. The minimum atomic E-state index is -4.77. The van der Waals surface area contributed by atoms with Gasteiger partial charge in [0.1, 0.15) is 5.75 Å². The van der Waals surface area contributed by atoms with Crippen LogP contribution in [-0.2, 0) is 0 Å². The molecule has 0 amide bonds. The van der Waals surface area contributed by atoms with Crippen molar-refractivity contribution in [1.29, 1.82) is 0 Å². The van der Waals surface area contributed by atoms with Crippen LogP contribution in [0.25, 0.3) is 0 Å². The van der Waals surface area contributed by atoms with Crippen molar-refractivity contribution >= 4 is 11.6 Å². The Morgan fingerprint density at radius 2 is 1.75 bits per heavy atom. The van der Waals surface area contributed by atoms with Crippen molar-refractivity contribution in [3.63, 3.8) is 0 Å². The first-order valence-corrected chi connectivity index (χ1v) is 7.32. The number of halogens is 5. The minimum absolute atomic E-state index is 0.0657. The second-order valence-electron chi connectivity index (χ2n) is 4.84. The van der Waals surface area contributed by atoms with Gasteiger partial charge in [0, 0.05) is 0 Å². The van der Waals surface area contributed by atoms with Crippen LogP contribution in [-0.4, -0.2) is 13.0 Å². The first-order chi connectivity index (χ1) is 11.2. The molecule has 0 aliphatic rings. The molecule has 24 heavy (non-hydrogen) atoms. The third kappa shape index (κ3) is 4.52. The van der Waals surface area contributed by atoms with Gasteiger partial charge in [0.05, 0.1) is 17.7 Å². The molecular weight excluding hydrogens is 350 g/mol. The van der Waals surface area contributed by atoms with Crippen LogP contribution in [0, 0.1) is 5.82 Å². The smallest absolute Gasteiger partial charge is 0.489 e. The Morgan fingerprint density at radius 3 is 2.25 bits per heavy atom. The summed E-state index contributed by atoms with van der Waals surface area (Å²) in [6.45, 7) is 1.95. The normalized spacial score (nSPS) is 12.8. The molecule has 0 fully saturated rings. The Hall–Kier alpha value is -1.99. The molecule has 2 aromatic carbocycles. The molecule has 1 atom stereocenters. The lowest BCUT2D eigenvalue weighted by molar-refractivity contribution is -0.274. The molecule has 0 spiro atoms. The van der Waals surface area contributed by atoms with E-state index in [0.29, 0.717) is 11.1 Å². The van der Waals surface area contributed by atoms with Crippen molar-refractivity contribution in [3.8, 4) is 11.5 Å². The van der Waals surface area contributed by atoms with Gasteiger partial charge in [-0.3, -0.25) is 0 Å². The van der Waals surface area contributed by atoms with Crippen LogP contribution >= 0.6 is 11.6 Å². The van der Waals surface area contributed by atoms with E-state index in [0.717, 1.165) is 12.1 Å². The van der Waals surface area contributed by atoms with Gasteiger partial charge >= 0.3 is 6.36 Å². The Morgan fingerprint density at radius 1 is 1.12 bits per heavy atom. The molecule has 2 N–H and O–H groups in total. The molecule has 0 saturated heterocycles. The molecule has 8 heteroatoms. The SMILES string of the molecule is CCOc1c(F)cc([C@@H](N)c2ccc(OC(F)(F)F)cc2)cc1Cl. The van der Waals surface area contributed by atoms with E-state index in [1.54, 1.807) is 6.92 Å². The van der Waals surface area contributed by atoms with Gasteiger partial charge in [-0.2, -0.15) is 0 Å². The first-order valence-electron chi connectivity index (χ1n) is 6.94. The van der Waals surface area contributed by atoms with Gasteiger partial charge in [-0.25, -0.2) is 4.39 Å². The topological polar surface area (TPSA) is 44.5 Å². The van der Waals surface area contributed by atoms with Crippen LogP contribution in [0.3, 0.4) is 0 Å². The number of nitrogens with two attached hydrogens (primary N) is 1. The largest absolute Gasteiger partial charge is 0.573 e. The summed E-state index contributed by atoms with van der Waals surface area (Å²) >= 11 is 5.98. The van der Waals surface area contributed by atoms with Crippen LogP contribution in [0.5, 0.6) is 11.5 Å². The zero-order valence-corrected chi connectivity index (χ0v) is 13.3. The van der Waals surface area contributed by atoms with Crippen LogP contribution in [0.1, 0.15) is 24.1 Å². The standard InChI is InChI=1S/C16H14ClF4NO2/c1-2-23-15-12(17)7-10(8-13(15)18)14(22)9-3-5-11(6-4-9)24-16(19,20)21/h3-8,14H,2,22H2,1H3/t14-/m0/s1. The fraction of sp³-hybridized carbons (Fsp3) is 0.250. The molecule has 0 aliphatic heterocycles. The third-order valence-electron chi connectivity index (χ3n) is 3.14. The van der Waals surface area contributed by atoms with E-state index in [2.05, 4.69) is 4.74 Å². The zero-order valence-electron chi connectivity index (χ0n) is 12.5. The fourth-order valence-corrected chi connectivity index (χ4v) is 2.38. The third-order valence-corrected chi connectivity index (χ3v) is 3.42. The van der Waals surface area contributed by atoms with Crippen LogP contribution in [0.4, 0.5) is 17.6 Å². The Bertz CT molecular complexity index is 681. The van der Waals surface area contributed by atoms with Crippen LogP contribution in [0.15, 0.2) is 36.4 Å². The molecule has 0 aromatic heterocycles. The van der Waals surface area contributed by atoms with E-state index in [9.17, 15) is 17.6 Å². The monoisotopic (exact) mass is 363 g/mol. The summed E-state index contributed by atoms with van der Waals surface area (Å²) in [4.78, 5) is 0.